The quantitative estimate of drug-likeness (QED) is 0.758. The molecule has 2 aromatic rings. The number of hydrogen-bond donors (Lipinski definition) is 1. The molecule has 0 fully saturated rings. The highest BCUT2D eigenvalue weighted by Crippen LogP contribution is 2.32. The van der Waals surface area contributed by atoms with Gasteiger partial charge in [0.1, 0.15) is 18.1 Å². The summed E-state index contributed by atoms with van der Waals surface area (Å²) < 4.78 is 11.4. The second kappa shape index (κ2) is 8.75. The largest absolute Gasteiger partial charge is 0.492 e. The zero-order valence-electron chi connectivity index (χ0n) is 16.4. The Hall–Kier alpha value is -2.49. The van der Waals surface area contributed by atoms with Crippen molar-refractivity contribution in [3.05, 3.63) is 59.2 Å². The first-order valence-corrected chi connectivity index (χ1v) is 8.96. The lowest BCUT2D eigenvalue weighted by Crippen LogP contribution is -2.32. The molecule has 0 aliphatic rings. The minimum Gasteiger partial charge on any atom is -0.492 e. The van der Waals surface area contributed by atoms with Crippen molar-refractivity contribution < 1.29 is 14.3 Å². The molecule has 0 unspecified atom stereocenters. The Morgan fingerprint density at radius 3 is 2.27 bits per heavy atom. The average molecular weight is 355 g/mol. The second-order valence-corrected chi connectivity index (χ2v) is 7.55. The topological polar surface area (TPSA) is 47.6 Å². The number of carbonyl (C=O) groups is 1. The lowest BCUT2D eigenvalue weighted by atomic mass is 9.85. The van der Waals surface area contributed by atoms with E-state index in [4.69, 9.17) is 9.47 Å². The highest BCUT2D eigenvalue weighted by molar-refractivity contribution is 5.77. The van der Waals surface area contributed by atoms with Crippen LogP contribution in [0.15, 0.2) is 42.5 Å². The van der Waals surface area contributed by atoms with Crippen LogP contribution in [0.5, 0.6) is 11.5 Å². The van der Waals surface area contributed by atoms with Gasteiger partial charge in [-0.3, -0.25) is 4.79 Å². The van der Waals surface area contributed by atoms with Crippen molar-refractivity contribution >= 4 is 5.91 Å². The van der Waals surface area contributed by atoms with Gasteiger partial charge in [-0.2, -0.15) is 0 Å². The highest BCUT2D eigenvalue weighted by atomic mass is 16.5. The number of aryl methyl sites for hydroxylation is 2. The maximum atomic E-state index is 12.0. The van der Waals surface area contributed by atoms with Gasteiger partial charge in [-0.05, 0) is 43.0 Å². The Kier molecular flexibility index (Phi) is 6.67. The van der Waals surface area contributed by atoms with Gasteiger partial charge >= 0.3 is 0 Å². The third-order valence-electron chi connectivity index (χ3n) is 4.02. The van der Waals surface area contributed by atoms with Crippen LogP contribution in [0.3, 0.4) is 0 Å². The van der Waals surface area contributed by atoms with Gasteiger partial charge in [0.25, 0.3) is 5.91 Å². The average Bonchev–Trinajstić information content (AvgIpc) is 2.58. The fourth-order valence-electron chi connectivity index (χ4n) is 2.54. The van der Waals surface area contributed by atoms with Crippen LogP contribution in [0, 0.1) is 13.8 Å². The molecule has 0 saturated carbocycles. The third kappa shape index (κ3) is 6.10. The second-order valence-electron chi connectivity index (χ2n) is 7.55. The normalized spacial score (nSPS) is 11.1. The molecular weight excluding hydrogens is 326 g/mol. The predicted molar refractivity (Wildman–Crippen MR) is 105 cm³/mol. The molecule has 4 nitrogen and oxygen atoms in total. The van der Waals surface area contributed by atoms with Crippen molar-refractivity contribution in [1.29, 1.82) is 0 Å². The summed E-state index contributed by atoms with van der Waals surface area (Å²) in [5.41, 5.74) is 3.43. The summed E-state index contributed by atoms with van der Waals surface area (Å²) in [6.07, 6.45) is 0. The Balaban J connectivity index is 1.78. The summed E-state index contributed by atoms with van der Waals surface area (Å²) in [4.78, 5) is 12.0. The highest BCUT2D eigenvalue weighted by Gasteiger charge is 2.19. The number of rotatable bonds is 7. The van der Waals surface area contributed by atoms with Gasteiger partial charge in [0.05, 0.1) is 6.54 Å². The molecule has 0 heterocycles. The minimum absolute atomic E-state index is 0.00330. The van der Waals surface area contributed by atoms with Gasteiger partial charge in [0, 0.05) is 0 Å². The van der Waals surface area contributed by atoms with E-state index in [1.807, 2.05) is 43.3 Å². The molecular formula is C22H29NO3. The van der Waals surface area contributed by atoms with Crippen LogP contribution >= 0.6 is 0 Å². The molecule has 2 aromatic carbocycles. The zero-order chi connectivity index (χ0) is 19.2. The Labute approximate surface area is 156 Å². The molecule has 0 aromatic heterocycles. The molecule has 0 saturated heterocycles. The van der Waals surface area contributed by atoms with Crippen LogP contribution in [-0.2, 0) is 10.2 Å². The van der Waals surface area contributed by atoms with E-state index in [2.05, 4.69) is 39.1 Å². The molecule has 0 spiro atoms. The molecule has 1 amide bonds. The maximum absolute atomic E-state index is 12.0. The van der Waals surface area contributed by atoms with E-state index in [1.54, 1.807) is 0 Å². The zero-order valence-corrected chi connectivity index (χ0v) is 16.4. The number of hydrogen-bond acceptors (Lipinski definition) is 3. The van der Waals surface area contributed by atoms with Gasteiger partial charge in [0.15, 0.2) is 6.61 Å². The standard InChI is InChI=1S/C22H29NO3/c1-16-6-9-18(10-7-16)25-13-12-23-21(24)15-26-20-11-8-17(2)14-19(20)22(3,4)5/h6-11,14H,12-13,15H2,1-5H3,(H,23,24). The molecule has 2 rings (SSSR count). The van der Waals surface area contributed by atoms with Gasteiger partial charge in [0.2, 0.25) is 0 Å². The van der Waals surface area contributed by atoms with Crippen LogP contribution in [0.4, 0.5) is 0 Å². The van der Waals surface area contributed by atoms with Gasteiger partial charge in [-0.25, -0.2) is 0 Å². The van der Waals surface area contributed by atoms with Gasteiger partial charge < -0.3 is 14.8 Å². The first-order chi connectivity index (χ1) is 12.3. The Bertz CT molecular complexity index is 730. The molecule has 140 valence electrons. The van der Waals surface area contributed by atoms with Crippen molar-refractivity contribution in [2.45, 2.75) is 40.0 Å². The van der Waals surface area contributed by atoms with Crippen molar-refractivity contribution in [1.82, 2.24) is 5.32 Å². The first kappa shape index (κ1) is 19.8. The molecule has 0 radical (unpaired) electrons. The van der Waals surface area contributed by atoms with Crippen LogP contribution < -0.4 is 14.8 Å². The lowest BCUT2D eigenvalue weighted by molar-refractivity contribution is -0.123. The number of ether oxygens (including phenoxy) is 2. The number of nitrogens with one attached hydrogen (secondary N) is 1. The summed E-state index contributed by atoms with van der Waals surface area (Å²) in [6, 6.07) is 13.9. The lowest BCUT2D eigenvalue weighted by Gasteiger charge is -2.23. The smallest absolute Gasteiger partial charge is 0.258 e. The molecule has 0 aliphatic heterocycles. The molecule has 0 atom stereocenters. The number of carbonyl (C=O) groups excluding carboxylic acids is 1. The molecule has 26 heavy (non-hydrogen) atoms. The molecule has 0 bridgehead atoms. The van der Waals surface area contributed by atoms with E-state index < -0.39 is 0 Å². The summed E-state index contributed by atoms with van der Waals surface area (Å²) >= 11 is 0. The Morgan fingerprint density at radius 1 is 0.962 bits per heavy atom. The van der Waals surface area contributed by atoms with Gasteiger partial charge in [-0.15, -0.1) is 0 Å². The first-order valence-electron chi connectivity index (χ1n) is 8.96. The van der Waals surface area contributed by atoms with E-state index in [1.165, 1.54) is 11.1 Å². The van der Waals surface area contributed by atoms with Crippen LogP contribution in [-0.4, -0.2) is 25.7 Å². The van der Waals surface area contributed by atoms with Crippen molar-refractivity contribution in [3.63, 3.8) is 0 Å². The van der Waals surface area contributed by atoms with E-state index >= 15 is 0 Å². The van der Waals surface area contributed by atoms with E-state index in [0.717, 1.165) is 17.1 Å². The van der Waals surface area contributed by atoms with Crippen LogP contribution in [0.2, 0.25) is 0 Å². The van der Waals surface area contributed by atoms with E-state index in [9.17, 15) is 4.79 Å². The van der Waals surface area contributed by atoms with E-state index in [0.29, 0.717) is 13.2 Å². The predicted octanol–water partition coefficient (Wildman–Crippen LogP) is 4.17. The molecule has 4 heteroatoms. The van der Waals surface area contributed by atoms with Gasteiger partial charge in [-0.1, -0.05) is 56.2 Å². The van der Waals surface area contributed by atoms with Crippen LogP contribution in [0.25, 0.3) is 0 Å². The Morgan fingerprint density at radius 2 is 1.62 bits per heavy atom. The number of amides is 1. The third-order valence-corrected chi connectivity index (χ3v) is 4.02. The van der Waals surface area contributed by atoms with E-state index in [-0.39, 0.29) is 17.9 Å². The minimum atomic E-state index is -0.155. The maximum Gasteiger partial charge on any atom is 0.258 e. The summed E-state index contributed by atoms with van der Waals surface area (Å²) in [6.45, 7) is 11.4. The summed E-state index contributed by atoms with van der Waals surface area (Å²) in [7, 11) is 0. The fourth-order valence-corrected chi connectivity index (χ4v) is 2.54. The molecule has 1 N–H and O–H groups in total. The SMILES string of the molecule is Cc1ccc(OCCNC(=O)COc2ccc(C)cc2C(C)(C)C)cc1. The van der Waals surface area contributed by atoms with Crippen molar-refractivity contribution in [2.24, 2.45) is 0 Å². The summed E-state index contributed by atoms with van der Waals surface area (Å²) in [5.74, 6) is 1.41. The fraction of sp³-hybridized carbons (Fsp3) is 0.409. The monoisotopic (exact) mass is 355 g/mol. The summed E-state index contributed by atoms with van der Waals surface area (Å²) in [5, 5.41) is 2.82. The van der Waals surface area contributed by atoms with Crippen LogP contribution in [0.1, 0.15) is 37.5 Å². The number of benzene rings is 2. The van der Waals surface area contributed by atoms with Crippen molar-refractivity contribution in [3.8, 4) is 11.5 Å². The van der Waals surface area contributed by atoms with Crippen molar-refractivity contribution in [2.75, 3.05) is 19.8 Å². The molecule has 0 aliphatic carbocycles.